The normalized spacial score (nSPS) is 11.4. The molecule has 0 radical (unpaired) electrons. The lowest BCUT2D eigenvalue weighted by atomic mass is 10.2. The van der Waals surface area contributed by atoms with Gasteiger partial charge in [-0.25, -0.2) is 8.42 Å². The van der Waals surface area contributed by atoms with Crippen molar-refractivity contribution in [1.29, 1.82) is 0 Å². The fourth-order valence-electron chi connectivity index (χ4n) is 2.41. The lowest BCUT2D eigenvalue weighted by Gasteiger charge is -2.19. The molecule has 2 rings (SSSR count). The lowest BCUT2D eigenvalue weighted by molar-refractivity contribution is 0.0757. The summed E-state index contributed by atoms with van der Waals surface area (Å²) in [6, 6.07) is 14.8. The average molecular weight is 391 g/mol. The molecule has 0 spiro atoms. The van der Waals surface area contributed by atoms with Gasteiger partial charge in [-0.1, -0.05) is 18.2 Å². The van der Waals surface area contributed by atoms with E-state index in [1.807, 2.05) is 19.9 Å². The lowest BCUT2D eigenvalue weighted by Crippen LogP contribution is -2.27. The number of benzene rings is 2. The van der Waals surface area contributed by atoms with Gasteiger partial charge in [-0.3, -0.25) is 9.10 Å². The van der Waals surface area contributed by atoms with Crippen LogP contribution in [0.5, 0.6) is 0 Å². The summed E-state index contributed by atoms with van der Waals surface area (Å²) in [6.07, 6.45) is 0.891. The summed E-state index contributed by atoms with van der Waals surface area (Å²) in [5, 5.41) is 2.80. The number of nitrogens with one attached hydrogen (secondary N) is 1. The third kappa shape index (κ3) is 5.80. The number of amides is 1. The molecule has 2 aromatic carbocycles. The molecule has 0 aliphatic heterocycles. The Hall–Kier alpha value is -2.38. The number of sulfonamides is 1. The molecule has 27 heavy (non-hydrogen) atoms. The van der Waals surface area contributed by atoms with Crippen molar-refractivity contribution in [3.8, 4) is 0 Å². The summed E-state index contributed by atoms with van der Waals surface area (Å²) < 4.78 is 32.1. The number of hydrogen-bond donors (Lipinski definition) is 1. The predicted octanol–water partition coefficient (Wildman–Crippen LogP) is 3.06. The number of anilines is 1. The van der Waals surface area contributed by atoms with Crippen LogP contribution in [-0.4, -0.2) is 40.6 Å². The molecule has 0 saturated carbocycles. The molecule has 0 aromatic heterocycles. The van der Waals surface area contributed by atoms with Gasteiger partial charge in [0.05, 0.1) is 16.7 Å². The van der Waals surface area contributed by atoms with E-state index in [1.165, 1.54) is 35.6 Å². The van der Waals surface area contributed by atoms with E-state index >= 15 is 0 Å². The van der Waals surface area contributed by atoms with Crippen molar-refractivity contribution in [2.75, 3.05) is 24.5 Å². The molecule has 0 bridgehead atoms. The molecule has 2 aromatic rings. The highest BCUT2D eigenvalue weighted by molar-refractivity contribution is 7.92. The first-order chi connectivity index (χ1) is 12.8. The largest absolute Gasteiger partial charge is 0.379 e. The number of ether oxygens (including phenoxy) is 1. The van der Waals surface area contributed by atoms with E-state index in [4.69, 9.17) is 4.74 Å². The van der Waals surface area contributed by atoms with Crippen LogP contribution in [0.3, 0.4) is 0 Å². The van der Waals surface area contributed by atoms with Crippen LogP contribution in [0.25, 0.3) is 0 Å². The molecular weight excluding hydrogens is 364 g/mol. The van der Waals surface area contributed by atoms with E-state index in [1.54, 1.807) is 24.3 Å². The third-order valence-corrected chi connectivity index (χ3v) is 5.75. The minimum atomic E-state index is -3.68. The van der Waals surface area contributed by atoms with Crippen LogP contribution in [0, 0.1) is 0 Å². The molecule has 1 N–H and O–H groups in total. The highest BCUT2D eigenvalue weighted by atomic mass is 32.2. The van der Waals surface area contributed by atoms with Gasteiger partial charge in [0.25, 0.3) is 15.9 Å². The van der Waals surface area contributed by atoms with E-state index in [9.17, 15) is 13.2 Å². The number of hydrogen-bond acceptors (Lipinski definition) is 4. The molecule has 6 nitrogen and oxygen atoms in total. The van der Waals surface area contributed by atoms with Crippen molar-refractivity contribution in [3.63, 3.8) is 0 Å². The molecule has 0 saturated heterocycles. The second kappa shape index (κ2) is 9.53. The summed E-state index contributed by atoms with van der Waals surface area (Å²) in [7, 11) is -2.18. The van der Waals surface area contributed by atoms with Gasteiger partial charge in [0, 0.05) is 25.8 Å². The highest BCUT2D eigenvalue weighted by Gasteiger charge is 2.21. The number of carbonyl (C=O) groups is 1. The molecule has 0 aliphatic rings. The quantitative estimate of drug-likeness (QED) is 0.668. The molecule has 0 heterocycles. The van der Waals surface area contributed by atoms with Crippen molar-refractivity contribution in [3.05, 3.63) is 60.2 Å². The second-order valence-corrected chi connectivity index (χ2v) is 8.33. The molecule has 1 amide bonds. The van der Waals surface area contributed by atoms with Crippen LogP contribution in [0.1, 0.15) is 30.6 Å². The van der Waals surface area contributed by atoms with E-state index in [0.29, 0.717) is 24.4 Å². The maximum absolute atomic E-state index is 12.7. The minimum Gasteiger partial charge on any atom is -0.379 e. The number of nitrogens with zero attached hydrogens (tertiary/aromatic N) is 1. The Bertz CT molecular complexity index is 834. The predicted molar refractivity (Wildman–Crippen MR) is 107 cm³/mol. The summed E-state index contributed by atoms with van der Waals surface area (Å²) >= 11 is 0. The first-order valence-electron chi connectivity index (χ1n) is 8.86. The molecule has 7 heteroatoms. The number of carbonyl (C=O) groups excluding carboxylic acids is 1. The van der Waals surface area contributed by atoms with Crippen LogP contribution in [0.4, 0.5) is 5.69 Å². The Morgan fingerprint density at radius 1 is 1.07 bits per heavy atom. The summed E-state index contributed by atoms with van der Waals surface area (Å²) in [4.78, 5) is 12.3. The first-order valence-corrected chi connectivity index (χ1v) is 10.3. The summed E-state index contributed by atoms with van der Waals surface area (Å²) in [5.41, 5.74) is 0.990. The van der Waals surface area contributed by atoms with Gasteiger partial charge >= 0.3 is 0 Å². The van der Waals surface area contributed by atoms with E-state index in [0.717, 1.165) is 6.42 Å². The Balaban J connectivity index is 1.98. The van der Waals surface area contributed by atoms with Crippen molar-refractivity contribution >= 4 is 21.6 Å². The van der Waals surface area contributed by atoms with Gasteiger partial charge in [0.2, 0.25) is 0 Å². The fraction of sp³-hybridized carbons (Fsp3) is 0.350. The van der Waals surface area contributed by atoms with Gasteiger partial charge in [0.1, 0.15) is 0 Å². The number of para-hydroxylation sites is 1. The van der Waals surface area contributed by atoms with Crippen LogP contribution in [0.2, 0.25) is 0 Å². The number of rotatable bonds is 9. The Labute approximate surface area is 161 Å². The summed E-state index contributed by atoms with van der Waals surface area (Å²) in [5.74, 6) is -0.236. The Morgan fingerprint density at radius 2 is 1.70 bits per heavy atom. The minimum absolute atomic E-state index is 0.135. The van der Waals surface area contributed by atoms with Crippen LogP contribution >= 0.6 is 0 Å². The van der Waals surface area contributed by atoms with Gasteiger partial charge in [-0.2, -0.15) is 0 Å². The zero-order valence-corrected chi connectivity index (χ0v) is 16.7. The first kappa shape index (κ1) is 20.9. The highest BCUT2D eigenvalue weighted by Crippen LogP contribution is 2.21. The SMILES string of the molecule is CC(C)OCCCNC(=O)c1ccc(S(=O)(=O)N(C)c2ccccc2)cc1. The monoisotopic (exact) mass is 390 g/mol. The standard InChI is InChI=1S/C20H26N2O4S/c1-16(2)26-15-7-14-21-20(23)17-10-12-19(13-11-17)27(24,25)22(3)18-8-5-4-6-9-18/h4-6,8-13,16H,7,14-15H2,1-3H3,(H,21,23). The van der Waals surface area contributed by atoms with Crippen molar-refractivity contribution in [2.45, 2.75) is 31.3 Å². The van der Waals surface area contributed by atoms with Crippen molar-refractivity contribution < 1.29 is 17.9 Å². The van der Waals surface area contributed by atoms with Gasteiger partial charge in [-0.05, 0) is 56.7 Å². The van der Waals surface area contributed by atoms with E-state index < -0.39 is 10.0 Å². The maximum Gasteiger partial charge on any atom is 0.264 e. The molecule has 0 aliphatic carbocycles. The molecule has 0 unspecified atom stereocenters. The average Bonchev–Trinajstić information content (AvgIpc) is 2.67. The Kier molecular flexibility index (Phi) is 7.38. The van der Waals surface area contributed by atoms with E-state index in [-0.39, 0.29) is 16.9 Å². The molecular formula is C20H26N2O4S. The molecule has 0 fully saturated rings. The zero-order chi connectivity index (χ0) is 19.9. The maximum atomic E-state index is 12.7. The molecule has 146 valence electrons. The van der Waals surface area contributed by atoms with Crippen LogP contribution in [0.15, 0.2) is 59.5 Å². The van der Waals surface area contributed by atoms with Crippen molar-refractivity contribution in [2.24, 2.45) is 0 Å². The third-order valence-electron chi connectivity index (χ3n) is 3.95. The summed E-state index contributed by atoms with van der Waals surface area (Å²) in [6.45, 7) is 5.01. The second-order valence-electron chi connectivity index (χ2n) is 6.36. The van der Waals surface area contributed by atoms with Gasteiger partial charge in [0.15, 0.2) is 0 Å². The van der Waals surface area contributed by atoms with Gasteiger partial charge in [-0.15, -0.1) is 0 Å². The van der Waals surface area contributed by atoms with E-state index in [2.05, 4.69) is 5.32 Å². The van der Waals surface area contributed by atoms with Crippen LogP contribution < -0.4 is 9.62 Å². The van der Waals surface area contributed by atoms with Crippen molar-refractivity contribution in [1.82, 2.24) is 5.32 Å². The smallest absolute Gasteiger partial charge is 0.264 e. The topological polar surface area (TPSA) is 75.7 Å². The van der Waals surface area contributed by atoms with Crippen LogP contribution in [-0.2, 0) is 14.8 Å². The zero-order valence-electron chi connectivity index (χ0n) is 15.9. The Morgan fingerprint density at radius 3 is 2.30 bits per heavy atom. The molecule has 0 atom stereocenters. The van der Waals surface area contributed by atoms with Gasteiger partial charge < -0.3 is 10.1 Å². The fourth-order valence-corrected chi connectivity index (χ4v) is 3.60.